The summed E-state index contributed by atoms with van der Waals surface area (Å²) in [7, 11) is 0. The maximum Gasteiger partial charge on any atom is 0.240 e. The Bertz CT molecular complexity index is 418. The number of rotatable bonds is 2. The molecule has 0 heterocycles. The molecule has 6 heteroatoms. The van der Waals surface area contributed by atoms with E-state index in [-0.39, 0.29) is 21.4 Å². The molecule has 0 fully saturated rings. The zero-order valence-corrected chi connectivity index (χ0v) is 8.13. The van der Waals surface area contributed by atoms with Gasteiger partial charge in [0.1, 0.15) is 0 Å². The third-order valence-electron chi connectivity index (χ3n) is 1.37. The Balaban J connectivity index is 3.39. The molecule has 0 spiro atoms. The van der Waals surface area contributed by atoms with Crippen LogP contribution in [-0.4, -0.2) is 12.2 Å². The van der Waals surface area contributed by atoms with Crippen molar-refractivity contribution < 1.29 is 9.59 Å². The Kier molecular flexibility index (Phi) is 3.57. The van der Waals surface area contributed by atoms with Crippen LogP contribution in [0.5, 0.6) is 0 Å². The first-order valence-electron chi connectivity index (χ1n) is 3.34. The van der Waals surface area contributed by atoms with E-state index in [1.54, 1.807) is 0 Å². The zero-order chi connectivity index (χ0) is 10.6. The molecule has 0 saturated heterocycles. The molecule has 0 unspecified atom stereocenters. The highest BCUT2D eigenvalue weighted by Gasteiger charge is 2.08. The van der Waals surface area contributed by atoms with E-state index in [4.69, 9.17) is 23.2 Å². The van der Waals surface area contributed by atoms with Crippen LogP contribution in [0.15, 0.2) is 22.1 Å². The fourth-order valence-corrected chi connectivity index (χ4v) is 1.20. The van der Waals surface area contributed by atoms with Crippen LogP contribution in [0.2, 0.25) is 10.0 Å². The second kappa shape index (κ2) is 4.70. The molecule has 0 bridgehead atoms. The lowest BCUT2D eigenvalue weighted by Crippen LogP contribution is -1.73. The molecule has 0 N–H and O–H groups in total. The van der Waals surface area contributed by atoms with Crippen molar-refractivity contribution >= 4 is 46.7 Å². The first-order valence-corrected chi connectivity index (χ1v) is 4.10. The van der Waals surface area contributed by atoms with Crippen molar-refractivity contribution in [2.75, 3.05) is 0 Å². The molecule has 1 aromatic carbocycles. The Morgan fingerprint density at radius 2 is 1.29 bits per heavy atom. The number of isocyanates is 2. The summed E-state index contributed by atoms with van der Waals surface area (Å²) < 4.78 is 0. The fraction of sp³-hybridized carbons (Fsp3) is 0. The zero-order valence-electron chi connectivity index (χ0n) is 6.62. The van der Waals surface area contributed by atoms with Gasteiger partial charge < -0.3 is 0 Å². The summed E-state index contributed by atoms with van der Waals surface area (Å²) in [5, 5.41) is 0.0954. The van der Waals surface area contributed by atoms with Crippen molar-refractivity contribution in [3.05, 3.63) is 22.2 Å². The summed E-state index contributed by atoms with van der Waals surface area (Å²) in [5.41, 5.74) is 0.355. The van der Waals surface area contributed by atoms with E-state index in [0.29, 0.717) is 0 Å². The lowest BCUT2D eigenvalue weighted by atomic mass is 10.3. The van der Waals surface area contributed by atoms with Gasteiger partial charge in [-0.1, -0.05) is 23.2 Å². The van der Waals surface area contributed by atoms with E-state index in [1.165, 1.54) is 24.3 Å². The summed E-state index contributed by atoms with van der Waals surface area (Å²) in [6.45, 7) is 0. The van der Waals surface area contributed by atoms with Gasteiger partial charge in [-0.15, -0.1) is 0 Å². The van der Waals surface area contributed by atoms with Crippen molar-refractivity contribution in [3.8, 4) is 0 Å². The quantitative estimate of drug-likeness (QED) is 0.578. The van der Waals surface area contributed by atoms with Crippen LogP contribution >= 0.6 is 23.2 Å². The molecule has 0 radical (unpaired) electrons. The molecule has 0 aromatic heterocycles. The fourth-order valence-electron chi connectivity index (χ4n) is 0.800. The van der Waals surface area contributed by atoms with Crippen molar-refractivity contribution in [2.24, 2.45) is 9.98 Å². The lowest BCUT2D eigenvalue weighted by Gasteiger charge is -2.00. The first-order chi connectivity index (χ1) is 6.70. The van der Waals surface area contributed by atoms with Gasteiger partial charge in [-0.25, -0.2) is 9.59 Å². The smallest absolute Gasteiger partial charge is 0.211 e. The van der Waals surface area contributed by atoms with Crippen LogP contribution in [0, 0.1) is 0 Å². The van der Waals surface area contributed by atoms with Gasteiger partial charge in [0, 0.05) is 0 Å². The number of nitrogens with zero attached hydrogens (tertiary/aromatic N) is 2. The van der Waals surface area contributed by atoms with E-state index < -0.39 is 0 Å². The van der Waals surface area contributed by atoms with Crippen LogP contribution in [0.3, 0.4) is 0 Å². The van der Waals surface area contributed by atoms with E-state index >= 15 is 0 Å². The van der Waals surface area contributed by atoms with Crippen LogP contribution in [-0.2, 0) is 9.59 Å². The molecule has 0 atom stereocenters. The summed E-state index contributed by atoms with van der Waals surface area (Å²) in [6, 6.07) is 2.80. The average molecular weight is 229 g/mol. The van der Waals surface area contributed by atoms with E-state index in [9.17, 15) is 9.59 Å². The standard InChI is InChI=1S/C8H2Cl2N2O2/c9-7-5(11-3-13)1-2-6(8(7)10)12-4-14/h1-2H. The predicted octanol–water partition coefficient (Wildman–Crippen LogP) is 2.93. The second-order valence-electron chi connectivity index (χ2n) is 2.14. The van der Waals surface area contributed by atoms with Gasteiger partial charge in [-0.05, 0) is 12.1 Å². The highest BCUT2D eigenvalue weighted by molar-refractivity contribution is 6.45. The Labute approximate surface area is 88.9 Å². The summed E-state index contributed by atoms with van der Waals surface area (Å²) in [5.74, 6) is 0. The summed E-state index contributed by atoms with van der Waals surface area (Å²) >= 11 is 11.4. The highest BCUT2D eigenvalue weighted by Crippen LogP contribution is 2.38. The summed E-state index contributed by atoms with van der Waals surface area (Å²) in [6.07, 6.45) is 2.65. The monoisotopic (exact) mass is 228 g/mol. The minimum atomic E-state index is 0.0477. The minimum Gasteiger partial charge on any atom is -0.211 e. The third kappa shape index (κ3) is 2.08. The number of halogens is 2. The Morgan fingerprint density at radius 3 is 1.57 bits per heavy atom. The largest absolute Gasteiger partial charge is 0.240 e. The minimum absolute atomic E-state index is 0.0477. The van der Waals surface area contributed by atoms with Gasteiger partial charge in [0.05, 0.1) is 21.4 Å². The van der Waals surface area contributed by atoms with Crippen molar-refractivity contribution in [2.45, 2.75) is 0 Å². The van der Waals surface area contributed by atoms with Crippen molar-refractivity contribution in [1.82, 2.24) is 0 Å². The van der Waals surface area contributed by atoms with E-state index in [2.05, 4.69) is 9.98 Å². The summed E-state index contributed by atoms with van der Waals surface area (Å²) in [4.78, 5) is 26.6. The third-order valence-corrected chi connectivity index (χ3v) is 2.24. The lowest BCUT2D eigenvalue weighted by molar-refractivity contribution is 0.564. The highest BCUT2D eigenvalue weighted by atomic mass is 35.5. The van der Waals surface area contributed by atoms with Gasteiger partial charge in [-0.3, -0.25) is 0 Å². The topological polar surface area (TPSA) is 58.9 Å². The first kappa shape index (κ1) is 10.6. The Morgan fingerprint density at radius 1 is 0.929 bits per heavy atom. The molecule has 14 heavy (non-hydrogen) atoms. The maximum absolute atomic E-state index is 9.97. The van der Waals surface area contributed by atoms with Gasteiger partial charge in [0.15, 0.2) is 0 Å². The molecule has 1 rings (SSSR count). The molecule has 1 aromatic rings. The molecule has 0 amide bonds. The van der Waals surface area contributed by atoms with Gasteiger partial charge in [0.25, 0.3) is 0 Å². The van der Waals surface area contributed by atoms with Gasteiger partial charge in [0.2, 0.25) is 12.2 Å². The number of hydrogen-bond donors (Lipinski definition) is 0. The number of hydrogen-bond acceptors (Lipinski definition) is 4. The molecule has 4 nitrogen and oxygen atoms in total. The number of aliphatic imine (C=N–C) groups is 2. The normalized spacial score (nSPS) is 8.71. The Hall–Kier alpha value is -1.44. The van der Waals surface area contributed by atoms with Crippen LogP contribution in [0.1, 0.15) is 0 Å². The molecule has 70 valence electrons. The van der Waals surface area contributed by atoms with Crippen molar-refractivity contribution in [1.29, 1.82) is 0 Å². The molecular weight excluding hydrogens is 227 g/mol. The maximum atomic E-state index is 9.97. The SMILES string of the molecule is O=C=Nc1ccc(N=C=O)c(Cl)c1Cl. The van der Waals surface area contributed by atoms with Crippen molar-refractivity contribution in [3.63, 3.8) is 0 Å². The second-order valence-corrected chi connectivity index (χ2v) is 2.89. The molecule has 0 aliphatic rings. The molecule has 0 saturated carbocycles. The van der Waals surface area contributed by atoms with E-state index in [1.807, 2.05) is 0 Å². The van der Waals surface area contributed by atoms with Crippen LogP contribution in [0.4, 0.5) is 11.4 Å². The number of carbonyl (C=O) groups excluding carboxylic acids is 2. The van der Waals surface area contributed by atoms with Gasteiger partial charge in [-0.2, -0.15) is 9.98 Å². The molecule has 0 aliphatic heterocycles. The van der Waals surface area contributed by atoms with Crippen LogP contribution in [0.25, 0.3) is 0 Å². The molecule has 0 aliphatic carbocycles. The van der Waals surface area contributed by atoms with Crippen LogP contribution < -0.4 is 0 Å². The van der Waals surface area contributed by atoms with Gasteiger partial charge >= 0.3 is 0 Å². The molecular formula is C8H2Cl2N2O2. The number of benzene rings is 1. The predicted molar refractivity (Wildman–Crippen MR) is 52.0 cm³/mol. The van der Waals surface area contributed by atoms with E-state index in [0.717, 1.165) is 0 Å². The average Bonchev–Trinajstić information content (AvgIpc) is 2.18.